The maximum atomic E-state index is 14.3. The third kappa shape index (κ3) is 11.7. The quantitative estimate of drug-likeness (QED) is 0.132. The van der Waals surface area contributed by atoms with Crippen LogP contribution in [0.25, 0.3) is 0 Å². The fraction of sp³-hybridized carbons (Fsp3) is 0.462. The van der Waals surface area contributed by atoms with Crippen LogP contribution in [0.1, 0.15) is 65.7 Å². The molecule has 0 saturated carbocycles. The normalized spacial score (nSPS) is 16.1. The smallest absolute Gasteiger partial charge is 0.407 e. The first kappa shape index (κ1) is 38.1. The summed E-state index contributed by atoms with van der Waals surface area (Å²) >= 11 is 3.06. The van der Waals surface area contributed by atoms with E-state index in [0.29, 0.717) is 57.8 Å². The Bertz CT molecular complexity index is 1670. The molecular formula is C39H50N6O4S2. The molecule has 2 aromatic carbocycles. The summed E-state index contributed by atoms with van der Waals surface area (Å²) in [5.41, 5.74) is 4.85. The monoisotopic (exact) mass is 730 g/mol. The van der Waals surface area contributed by atoms with Crippen molar-refractivity contribution in [1.82, 2.24) is 30.0 Å². The number of thiazole rings is 2. The highest BCUT2D eigenvalue weighted by atomic mass is 32.1. The number of hydrogen-bond donors (Lipinski definition) is 1. The average Bonchev–Trinajstić information content (AvgIpc) is 3.83. The summed E-state index contributed by atoms with van der Waals surface area (Å²) in [4.78, 5) is 56.3. The number of nitrogens with one attached hydrogen (secondary N) is 1. The molecule has 12 heteroatoms. The highest BCUT2D eigenvalue weighted by Gasteiger charge is 2.36. The lowest BCUT2D eigenvalue weighted by Gasteiger charge is -2.41. The molecule has 51 heavy (non-hydrogen) atoms. The zero-order valence-corrected chi connectivity index (χ0v) is 31.7. The van der Waals surface area contributed by atoms with E-state index in [2.05, 4.69) is 53.3 Å². The van der Waals surface area contributed by atoms with Gasteiger partial charge >= 0.3 is 12.1 Å². The summed E-state index contributed by atoms with van der Waals surface area (Å²) in [5, 5.41) is 6.17. The van der Waals surface area contributed by atoms with Gasteiger partial charge in [0.25, 0.3) is 0 Å². The summed E-state index contributed by atoms with van der Waals surface area (Å²) in [6, 6.07) is 19.4. The third-order valence-corrected chi connectivity index (χ3v) is 11.2. The maximum absolute atomic E-state index is 14.3. The van der Waals surface area contributed by atoms with Crippen LogP contribution >= 0.6 is 22.7 Å². The van der Waals surface area contributed by atoms with Crippen LogP contribution in [-0.2, 0) is 35.5 Å². The Morgan fingerprint density at radius 2 is 1.69 bits per heavy atom. The summed E-state index contributed by atoms with van der Waals surface area (Å²) in [6.45, 7) is 6.48. The highest BCUT2D eigenvalue weighted by molar-refractivity contribution is 7.09. The van der Waals surface area contributed by atoms with E-state index in [1.54, 1.807) is 39.9 Å². The molecule has 3 atom stereocenters. The number of carbonyl (C=O) groups excluding carboxylic acids is 3. The molecule has 272 valence electrons. The van der Waals surface area contributed by atoms with E-state index < -0.39 is 12.1 Å². The Morgan fingerprint density at radius 3 is 2.33 bits per heavy atom. The van der Waals surface area contributed by atoms with Gasteiger partial charge in [-0.3, -0.25) is 9.78 Å². The van der Waals surface area contributed by atoms with Crippen molar-refractivity contribution in [3.8, 4) is 0 Å². The van der Waals surface area contributed by atoms with E-state index in [9.17, 15) is 14.4 Å². The van der Waals surface area contributed by atoms with Crippen LogP contribution < -0.4 is 5.32 Å². The number of likely N-dealkylation sites (N-methyl/N-ethyl adjacent to an activating group) is 1. The Labute approximate surface area is 309 Å². The van der Waals surface area contributed by atoms with E-state index in [0.717, 1.165) is 33.1 Å². The van der Waals surface area contributed by atoms with Crippen LogP contribution in [0.15, 0.2) is 77.8 Å². The summed E-state index contributed by atoms with van der Waals surface area (Å²) in [7, 11) is 3.79. The number of carbonyl (C=O) groups is 3. The van der Waals surface area contributed by atoms with E-state index in [4.69, 9.17) is 9.72 Å². The molecule has 1 aliphatic heterocycles. The molecular weight excluding hydrogens is 681 g/mol. The van der Waals surface area contributed by atoms with Crippen molar-refractivity contribution in [2.75, 3.05) is 33.7 Å². The largest absolute Gasteiger partial charge is 0.444 e. The van der Waals surface area contributed by atoms with E-state index in [1.807, 2.05) is 48.8 Å². The zero-order chi connectivity index (χ0) is 36.2. The summed E-state index contributed by atoms with van der Waals surface area (Å²) in [5.74, 6) is 0.414. The number of urea groups is 1. The molecule has 3 heterocycles. The van der Waals surface area contributed by atoms with Gasteiger partial charge in [-0.2, -0.15) is 0 Å². The fourth-order valence-electron chi connectivity index (χ4n) is 6.48. The van der Waals surface area contributed by atoms with Gasteiger partial charge in [-0.1, -0.05) is 74.5 Å². The molecule has 0 bridgehead atoms. The topological polar surface area (TPSA) is 108 Å². The van der Waals surface area contributed by atoms with Crippen molar-refractivity contribution >= 4 is 40.6 Å². The average molecular weight is 731 g/mol. The molecule has 1 fully saturated rings. The van der Waals surface area contributed by atoms with Gasteiger partial charge in [0, 0.05) is 56.6 Å². The van der Waals surface area contributed by atoms with Crippen molar-refractivity contribution < 1.29 is 19.1 Å². The number of piperazine rings is 1. The third-order valence-electron chi connectivity index (χ3n) is 9.25. The first-order valence-corrected chi connectivity index (χ1v) is 19.5. The lowest BCUT2D eigenvalue weighted by molar-refractivity contribution is -0.126. The van der Waals surface area contributed by atoms with Gasteiger partial charge in [0.15, 0.2) is 5.78 Å². The molecule has 3 amide bonds. The van der Waals surface area contributed by atoms with E-state index in [1.165, 1.54) is 11.3 Å². The minimum atomic E-state index is -0.543. The minimum Gasteiger partial charge on any atom is -0.444 e. The lowest BCUT2D eigenvalue weighted by atomic mass is 9.86. The second kappa shape index (κ2) is 18.9. The molecule has 0 aliphatic carbocycles. The first-order chi connectivity index (χ1) is 24.6. The van der Waals surface area contributed by atoms with Crippen LogP contribution in [0.4, 0.5) is 9.59 Å². The number of ether oxygens (including phenoxy) is 1. The number of aromatic nitrogens is 2. The Kier molecular flexibility index (Phi) is 14.1. The maximum Gasteiger partial charge on any atom is 0.407 e. The number of alkyl carbamates (subject to hydrolysis) is 1. The van der Waals surface area contributed by atoms with E-state index >= 15 is 0 Å². The van der Waals surface area contributed by atoms with Crippen molar-refractivity contribution in [2.24, 2.45) is 5.92 Å². The number of nitrogens with zero attached hydrogens (tertiary/aromatic N) is 5. The van der Waals surface area contributed by atoms with Crippen molar-refractivity contribution in [3.05, 3.63) is 104 Å². The van der Waals surface area contributed by atoms with Gasteiger partial charge in [-0.25, -0.2) is 14.6 Å². The van der Waals surface area contributed by atoms with Crippen molar-refractivity contribution in [1.29, 1.82) is 0 Å². The summed E-state index contributed by atoms with van der Waals surface area (Å²) in [6.07, 6.45) is 4.30. The summed E-state index contributed by atoms with van der Waals surface area (Å²) < 4.78 is 5.53. The predicted octanol–water partition coefficient (Wildman–Crippen LogP) is 7.03. The molecule has 0 radical (unpaired) electrons. The van der Waals surface area contributed by atoms with Crippen LogP contribution in [0.2, 0.25) is 0 Å². The van der Waals surface area contributed by atoms with Crippen molar-refractivity contribution in [3.63, 3.8) is 0 Å². The molecule has 1 N–H and O–H groups in total. The Balaban J connectivity index is 1.28. The van der Waals surface area contributed by atoms with Gasteiger partial charge in [0.05, 0.1) is 27.6 Å². The van der Waals surface area contributed by atoms with Gasteiger partial charge in [-0.05, 0) is 49.8 Å². The van der Waals surface area contributed by atoms with Gasteiger partial charge in [-0.15, -0.1) is 22.7 Å². The number of ketones is 1. The second-order valence-corrected chi connectivity index (χ2v) is 15.7. The molecule has 2 aromatic heterocycles. The van der Waals surface area contributed by atoms with Gasteiger partial charge in [0.1, 0.15) is 12.6 Å². The van der Waals surface area contributed by atoms with Crippen LogP contribution in [0.3, 0.4) is 0 Å². The zero-order valence-electron chi connectivity index (χ0n) is 30.1. The predicted molar refractivity (Wildman–Crippen MR) is 203 cm³/mol. The Morgan fingerprint density at radius 1 is 0.980 bits per heavy atom. The molecule has 5 rings (SSSR count). The molecule has 0 unspecified atom stereocenters. The molecule has 4 aromatic rings. The Hall–Kier alpha value is -4.13. The number of benzene rings is 2. The number of rotatable bonds is 16. The number of amides is 3. The lowest BCUT2D eigenvalue weighted by Crippen LogP contribution is -2.59. The fourth-order valence-corrected chi connectivity index (χ4v) is 7.81. The standard InChI is InChI=1S/C39H50N6O4S2/c1-28(2)37-41-33(26-50-37)23-44(4)39(48)45-18-17-43(3)24-35(45)36(46)21-31(19-29-11-7-5-8-12-29)15-16-32(20-30-13-9-6-10-14-30)42-38(47)49-25-34-22-40-27-51-34/h5-14,22,26-28,31-32,35H,15-21,23-25H2,1-4H3,(H,42,47)/t31-,32-,35+/m1/s1. The molecule has 10 nitrogen and oxygen atoms in total. The SMILES string of the molecule is CC(C)c1nc(CN(C)C(=O)N2CCN(C)C[C@H]2C(=O)C[C@H](CC[C@H](Cc2ccccc2)NC(=O)OCc2cncs2)Cc2ccccc2)cs1. The number of Topliss-reactive ketones (excluding diaryl/α,β-unsaturated/α-hetero) is 1. The van der Waals surface area contributed by atoms with Crippen LogP contribution in [0.5, 0.6) is 0 Å². The van der Waals surface area contributed by atoms with Crippen LogP contribution in [-0.4, -0.2) is 88.4 Å². The van der Waals surface area contributed by atoms with Gasteiger partial charge < -0.3 is 24.8 Å². The van der Waals surface area contributed by atoms with Gasteiger partial charge in [0.2, 0.25) is 0 Å². The molecule has 1 saturated heterocycles. The second-order valence-electron chi connectivity index (χ2n) is 13.8. The molecule has 1 aliphatic rings. The number of hydrogen-bond acceptors (Lipinski definition) is 9. The van der Waals surface area contributed by atoms with E-state index in [-0.39, 0.29) is 30.4 Å². The van der Waals surface area contributed by atoms with Crippen LogP contribution in [0, 0.1) is 5.92 Å². The first-order valence-electron chi connectivity index (χ1n) is 17.7. The van der Waals surface area contributed by atoms with Crippen molar-refractivity contribution in [2.45, 2.75) is 77.1 Å². The molecule has 0 spiro atoms. The highest BCUT2D eigenvalue weighted by Crippen LogP contribution is 2.25. The minimum absolute atomic E-state index is 0.0135.